The van der Waals surface area contributed by atoms with Gasteiger partial charge in [-0.2, -0.15) is 0 Å². The standard InChI is InChI=1S/C35H41F2N3O3/c1-4-6-15-38-31-21-27(11-10-26(31)12-16-43-3)34(42)40-32(20-25-18-29(36)22-30(37)19-25)33(41)23-39-35(13-14-35)28-9-7-8-24(5-2)17-28/h2,7-11,17-19,21-22,32-33,38-39,41H,4,6,12-16,20,23H2,1,3H3,(H,40,42). The first-order valence-corrected chi connectivity index (χ1v) is 14.9. The van der Waals surface area contributed by atoms with Crippen molar-refractivity contribution in [3.8, 4) is 12.3 Å². The Balaban J connectivity index is 1.53. The zero-order valence-corrected chi connectivity index (χ0v) is 24.9. The average Bonchev–Trinajstić information content (AvgIpc) is 3.79. The molecule has 2 unspecified atom stereocenters. The normalized spacial score (nSPS) is 14.9. The maximum absolute atomic E-state index is 14.0. The predicted molar refractivity (Wildman–Crippen MR) is 166 cm³/mol. The minimum Gasteiger partial charge on any atom is -0.390 e. The van der Waals surface area contributed by atoms with Crippen LogP contribution in [0.15, 0.2) is 60.7 Å². The number of methoxy groups -OCH3 is 1. The van der Waals surface area contributed by atoms with Gasteiger partial charge in [-0.3, -0.25) is 4.79 Å². The van der Waals surface area contributed by atoms with Crippen LogP contribution in [-0.2, 0) is 23.1 Å². The lowest BCUT2D eigenvalue weighted by molar-refractivity contribution is 0.0822. The molecular formula is C35H41F2N3O3. The van der Waals surface area contributed by atoms with Gasteiger partial charge in [0, 0.05) is 48.6 Å². The summed E-state index contributed by atoms with van der Waals surface area (Å²) >= 11 is 0. The fourth-order valence-corrected chi connectivity index (χ4v) is 5.27. The van der Waals surface area contributed by atoms with E-state index in [9.17, 15) is 18.7 Å². The number of carbonyl (C=O) groups is 1. The van der Waals surface area contributed by atoms with Crippen LogP contribution in [-0.4, -0.2) is 50.0 Å². The van der Waals surface area contributed by atoms with Gasteiger partial charge in [0.15, 0.2) is 0 Å². The molecule has 228 valence electrons. The van der Waals surface area contributed by atoms with Gasteiger partial charge in [-0.25, -0.2) is 8.78 Å². The number of ether oxygens (including phenoxy) is 1. The fourth-order valence-electron chi connectivity index (χ4n) is 5.27. The van der Waals surface area contributed by atoms with Crippen LogP contribution in [0.1, 0.15) is 65.2 Å². The summed E-state index contributed by atoms with van der Waals surface area (Å²) in [5, 5.41) is 21.2. The molecule has 4 rings (SSSR count). The van der Waals surface area contributed by atoms with E-state index in [1.165, 1.54) is 12.1 Å². The fraction of sp³-hybridized carbons (Fsp3) is 0.400. The van der Waals surface area contributed by atoms with Crippen LogP contribution in [0.2, 0.25) is 0 Å². The van der Waals surface area contributed by atoms with E-state index < -0.39 is 23.8 Å². The molecule has 0 aromatic heterocycles. The Morgan fingerprint density at radius 2 is 1.88 bits per heavy atom. The van der Waals surface area contributed by atoms with Gasteiger partial charge in [0.1, 0.15) is 11.6 Å². The van der Waals surface area contributed by atoms with E-state index >= 15 is 0 Å². The van der Waals surface area contributed by atoms with Gasteiger partial charge in [0.25, 0.3) is 5.91 Å². The van der Waals surface area contributed by atoms with E-state index in [4.69, 9.17) is 11.2 Å². The van der Waals surface area contributed by atoms with Gasteiger partial charge in [-0.05, 0) is 85.2 Å². The molecular weight excluding hydrogens is 548 g/mol. The smallest absolute Gasteiger partial charge is 0.251 e. The molecule has 6 nitrogen and oxygen atoms in total. The van der Waals surface area contributed by atoms with Crippen LogP contribution in [0, 0.1) is 24.0 Å². The third-order valence-corrected chi connectivity index (χ3v) is 7.93. The van der Waals surface area contributed by atoms with Gasteiger partial charge in [-0.1, -0.05) is 37.5 Å². The molecule has 3 aromatic carbocycles. The first-order chi connectivity index (χ1) is 20.8. The molecule has 0 heterocycles. The number of terminal acetylenes is 1. The lowest BCUT2D eigenvalue weighted by Gasteiger charge is -2.27. The Bertz CT molecular complexity index is 1410. The van der Waals surface area contributed by atoms with E-state index in [1.807, 2.05) is 30.3 Å². The lowest BCUT2D eigenvalue weighted by atomic mass is 9.98. The predicted octanol–water partition coefficient (Wildman–Crippen LogP) is 5.33. The number of unbranched alkanes of at least 4 members (excludes halogenated alkanes) is 1. The van der Waals surface area contributed by atoms with Crippen LogP contribution in [0.25, 0.3) is 0 Å². The van der Waals surface area contributed by atoms with Gasteiger partial charge in [0.05, 0.1) is 18.8 Å². The minimum absolute atomic E-state index is 0.0381. The number of benzene rings is 3. The molecule has 0 spiro atoms. The second-order valence-electron chi connectivity index (χ2n) is 11.2. The Kier molecular flexibility index (Phi) is 11.3. The average molecular weight is 590 g/mol. The molecule has 1 aliphatic carbocycles. The van der Waals surface area contributed by atoms with Crippen molar-refractivity contribution in [1.82, 2.24) is 10.6 Å². The van der Waals surface area contributed by atoms with Crippen molar-refractivity contribution < 1.29 is 23.4 Å². The van der Waals surface area contributed by atoms with Crippen molar-refractivity contribution in [1.29, 1.82) is 0 Å². The van der Waals surface area contributed by atoms with Crippen molar-refractivity contribution in [3.05, 3.63) is 100 Å². The topological polar surface area (TPSA) is 82.6 Å². The Morgan fingerprint density at radius 1 is 1.12 bits per heavy atom. The van der Waals surface area contributed by atoms with Gasteiger partial charge < -0.3 is 25.8 Å². The Labute approximate surface area is 253 Å². The summed E-state index contributed by atoms with van der Waals surface area (Å²) < 4.78 is 33.3. The summed E-state index contributed by atoms with van der Waals surface area (Å²) in [6, 6.07) is 15.6. The Morgan fingerprint density at radius 3 is 2.56 bits per heavy atom. The largest absolute Gasteiger partial charge is 0.390 e. The van der Waals surface area contributed by atoms with Crippen LogP contribution in [0.4, 0.5) is 14.5 Å². The van der Waals surface area contributed by atoms with Crippen molar-refractivity contribution in [2.75, 3.05) is 32.1 Å². The number of hydrogen-bond donors (Lipinski definition) is 4. The van der Waals surface area contributed by atoms with Crippen molar-refractivity contribution in [3.63, 3.8) is 0 Å². The molecule has 3 aromatic rings. The molecule has 1 amide bonds. The number of rotatable bonds is 16. The summed E-state index contributed by atoms with van der Waals surface area (Å²) in [5.41, 5.74) is 4.15. The second kappa shape index (κ2) is 15.1. The molecule has 0 saturated heterocycles. The SMILES string of the molecule is C#Cc1cccc(C2(NCC(O)C(Cc3cc(F)cc(F)c3)NC(=O)c3ccc(CCOC)c(NCCCC)c3)CC2)c1. The zero-order valence-electron chi connectivity index (χ0n) is 24.9. The molecule has 0 aliphatic heterocycles. The Hall–Kier alpha value is -3.77. The molecule has 8 heteroatoms. The van der Waals surface area contributed by atoms with Crippen molar-refractivity contribution in [2.45, 2.75) is 63.1 Å². The summed E-state index contributed by atoms with van der Waals surface area (Å²) in [4.78, 5) is 13.5. The van der Waals surface area contributed by atoms with E-state index in [0.29, 0.717) is 24.2 Å². The zero-order chi connectivity index (χ0) is 30.8. The maximum atomic E-state index is 14.0. The highest BCUT2D eigenvalue weighted by Crippen LogP contribution is 2.45. The highest BCUT2D eigenvalue weighted by Gasteiger charge is 2.44. The van der Waals surface area contributed by atoms with Gasteiger partial charge >= 0.3 is 0 Å². The van der Waals surface area contributed by atoms with E-state index in [2.05, 4.69) is 28.8 Å². The minimum atomic E-state index is -1.05. The highest BCUT2D eigenvalue weighted by molar-refractivity contribution is 5.95. The van der Waals surface area contributed by atoms with Gasteiger partial charge in [0.2, 0.25) is 0 Å². The number of amides is 1. The van der Waals surface area contributed by atoms with Gasteiger partial charge in [-0.15, -0.1) is 6.42 Å². The van der Waals surface area contributed by atoms with Crippen LogP contribution in [0.5, 0.6) is 0 Å². The van der Waals surface area contributed by atoms with E-state index in [-0.39, 0.29) is 24.4 Å². The summed E-state index contributed by atoms with van der Waals surface area (Å²) in [5.74, 6) is 0.840. The number of aliphatic hydroxyl groups is 1. The van der Waals surface area contributed by atoms with Crippen molar-refractivity contribution in [2.24, 2.45) is 0 Å². The maximum Gasteiger partial charge on any atom is 0.251 e. The summed E-state index contributed by atoms with van der Waals surface area (Å²) in [6.07, 6.45) is 9.04. The lowest BCUT2D eigenvalue weighted by Crippen LogP contribution is -2.50. The molecule has 1 fully saturated rings. The molecule has 2 atom stereocenters. The molecule has 43 heavy (non-hydrogen) atoms. The summed E-state index contributed by atoms with van der Waals surface area (Å²) in [7, 11) is 1.65. The van der Waals surface area contributed by atoms with Crippen LogP contribution in [0.3, 0.4) is 0 Å². The van der Waals surface area contributed by atoms with Crippen LogP contribution >= 0.6 is 0 Å². The third kappa shape index (κ3) is 8.87. The van der Waals surface area contributed by atoms with Crippen molar-refractivity contribution >= 4 is 11.6 Å². The first kappa shape index (κ1) is 32.2. The summed E-state index contributed by atoms with van der Waals surface area (Å²) in [6.45, 7) is 3.59. The molecule has 1 saturated carbocycles. The number of nitrogens with one attached hydrogen (secondary N) is 3. The number of halogens is 2. The molecule has 4 N–H and O–H groups in total. The molecule has 0 radical (unpaired) electrons. The second-order valence-corrected chi connectivity index (χ2v) is 11.2. The van der Waals surface area contributed by atoms with Crippen LogP contribution < -0.4 is 16.0 Å². The van der Waals surface area contributed by atoms with E-state index in [0.717, 1.165) is 60.7 Å². The van der Waals surface area contributed by atoms with E-state index in [1.54, 1.807) is 19.2 Å². The number of hydrogen-bond acceptors (Lipinski definition) is 5. The quantitative estimate of drug-likeness (QED) is 0.134. The number of carbonyl (C=O) groups excluding carboxylic acids is 1. The molecule has 0 bridgehead atoms. The monoisotopic (exact) mass is 589 g/mol. The highest BCUT2D eigenvalue weighted by atomic mass is 19.1. The third-order valence-electron chi connectivity index (χ3n) is 7.93. The first-order valence-electron chi connectivity index (χ1n) is 14.9. The number of anilines is 1. The molecule has 1 aliphatic rings. The number of aliphatic hydroxyl groups excluding tert-OH is 1.